The van der Waals surface area contributed by atoms with Crippen molar-refractivity contribution >= 4 is 12.0 Å². The minimum absolute atomic E-state index is 0.0845. The summed E-state index contributed by atoms with van der Waals surface area (Å²) in [5.41, 5.74) is 1.21. The van der Waals surface area contributed by atoms with Crippen LogP contribution in [0.2, 0.25) is 0 Å². The van der Waals surface area contributed by atoms with Crippen LogP contribution < -0.4 is 5.11 Å². The second kappa shape index (κ2) is 5.40. The fourth-order valence-corrected chi connectivity index (χ4v) is 1.85. The van der Waals surface area contributed by atoms with Gasteiger partial charge in [-0.25, -0.2) is 0 Å². The number of benzene rings is 1. The molecule has 6 nitrogen and oxygen atoms in total. The number of nitro groups is 1. The zero-order valence-electron chi connectivity index (χ0n) is 10.5. The van der Waals surface area contributed by atoms with Crippen molar-refractivity contribution in [3.63, 3.8) is 0 Å². The van der Waals surface area contributed by atoms with Gasteiger partial charge in [0.1, 0.15) is 11.5 Å². The number of carboxylic acid groups (broad SMARTS) is 1. The van der Waals surface area contributed by atoms with Crippen LogP contribution >= 0.6 is 0 Å². The summed E-state index contributed by atoms with van der Waals surface area (Å²) >= 11 is 0. The first-order valence-electron chi connectivity index (χ1n) is 5.72. The quantitative estimate of drug-likeness (QED) is 0.625. The van der Waals surface area contributed by atoms with Crippen LogP contribution in [0.5, 0.6) is 0 Å². The lowest BCUT2D eigenvalue weighted by atomic mass is 10.0. The fraction of sp³-hybridized carbons (Fsp3) is 0.0714. The van der Waals surface area contributed by atoms with Crippen molar-refractivity contribution in [2.45, 2.75) is 6.92 Å². The normalized spacial score (nSPS) is 10.8. The van der Waals surface area contributed by atoms with Crippen molar-refractivity contribution < 1.29 is 19.2 Å². The van der Waals surface area contributed by atoms with E-state index in [1.807, 2.05) is 0 Å². The molecule has 1 aromatic carbocycles. The molecule has 2 rings (SSSR count). The first-order chi connectivity index (χ1) is 9.49. The van der Waals surface area contributed by atoms with Gasteiger partial charge in [0.25, 0.3) is 0 Å². The van der Waals surface area contributed by atoms with Gasteiger partial charge in [0.2, 0.25) is 6.20 Å². The topological polar surface area (TPSA) is 96.4 Å². The van der Waals surface area contributed by atoms with E-state index in [9.17, 15) is 20.0 Å². The highest BCUT2D eigenvalue weighted by Crippen LogP contribution is 2.27. The molecule has 20 heavy (non-hydrogen) atoms. The number of carbonyl (C=O) groups excluding carboxylic acids is 1. The molecule has 0 N–H and O–H groups in total. The van der Waals surface area contributed by atoms with Gasteiger partial charge < -0.3 is 14.3 Å². The van der Waals surface area contributed by atoms with E-state index in [1.54, 1.807) is 31.2 Å². The molecular weight excluding hydrogens is 262 g/mol. The number of carbonyl (C=O) groups is 1. The molecule has 0 radical (unpaired) electrons. The third kappa shape index (κ3) is 2.74. The number of hydrogen-bond acceptors (Lipinski definition) is 5. The standard InChI is InChI=1S/C14H11NO5/c1-9-11(3-2-4-12(9)14(16)17)13-6-5-10(20-13)7-8-15(18)19/h2-8H,1H3,(H,16,17)/p-1/b8-7+. The van der Waals surface area contributed by atoms with Gasteiger partial charge in [0, 0.05) is 11.1 Å². The summed E-state index contributed by atoms with van der Waals surface area (Å²) in [5.74, 6) is -0.507. The van der Waals surface area contributed by atoms with E-state index < -0.39 is 10.9 Å². The molecule has 0 aliphatic rings. The predicted octanol–water partition coefficient (Wildman–Crippen LogP) is 1.87. The SMILES string of the molecule is Cc1c(C(=O)[O-])cccc1-c1ccc(/C=C/[N+](=O)[O-])o1. The first kappa shape index (κ1) is 13.5. The Balaban J connectivity index is 2.40. The Morgan fingerprint density at radius 1 is 1.30 bits per heavy atom. The molecule has 2 aromatic rings. The van der Waals surface area contributed by atoms with Crippen molar-refractivity contribution in [1.82, 2.24) is 0 Å². The molecule has 1 aromatic heterocycles. The summed E-state index contributed by atoms with van der Waals surface area (Å²) in [4.78, 5) is 20.6. The number of aromatic carboxylic acids is 1. The summed E-state index contributed by atoms with van der Waals surface area (Å²) in [5, 5.41) is 21.2. The maximum Gasteiger partial charge on any atom is 0.238 e. The number of furan rings is 1. The van der Waals surface area contributed by atoms with Crippen LogP contribution in [-0.2, 0) is 0 Å². The molecular formula is C14H10NO5-. The lowest BCUT2D eigenvalue weighted by molar-refractivity contribution is -0.401. The van der Waals surface area contributed by atoms with Crippen LogP contribution in [0.25, 0.3) is 17.4 Å². The minimum atomic E-state index is -1.26. The molecule has 1 heterocycles. The maximum absolute atomic E-state index is 11.0. The Morgan fingerprint density at radius 2 is 2.05 bits per heavy atom. The van der Waals surface area contributed by atoms with Crippen LogP contribution in [0, 0.1) is 17.0 Å². The Bertz CT molecular complexity index is 699. The average Bonchev–Trinajstić information content (AvgIpc) is 2.85. The predicted molar refractivity (Wildman–Crippen MR) is 69.2 cm³/mol. The van der Waals surface area contributed by atoms with Crippen molar-refractivity contribution in [2.75, 3.05) is 0 Å². The number of rotatable bonds is 4. The van der Waals surface area contributed by atoms with Gasteiger partial charge in [-0.3, -0.25) is 10.1 Å². The molecule has 0 saturated carbocycles. The molecule has 0 amide bonds. The van der Waals surface area contributed by atoms with Gasteiger partial charge >= 0.3 is 0 Å². The summed E-state index contributed by atoms with van der Waals surface area (Å²) in [7, 11) is 0. The van der Waals surface area contributed by atoms with Crippen LogP contribution in [0.1, 0.15) is 21.7 Å². The monoisotopic (exact) mass is 272 g/mol. The Kier molecular flexibility index (Phi) is 3.65. The summed E-state index contributed by atoms with van der Waals surface area (Å²) < 4.78 is 5.43. The van der Waals surface area contributed by atoms with Gasteiger partial charge in [0.05, 0.1) is 17.0 Å². The number of hydrogen-bond donors (Lipinski definition) is 0. The highest BCUT2D eigenvalue weighted by atomic mass is 16.6. The summed E-state index contributed by atoms with van der Waals surface area (Å²) in [6, 6.07) is 7.94. The Morgan fingerprint density at radius 3 is 2.70 bits per heavy atom. The first-order valence-corrected chi connectivity index (χ1v) is 5.72. The number of nitrogens with zero attached hydrogens (tertiary/aromatic N) is 1. The Hall–Kier alpha value is -2.89. The van der Waals surface area contributed by atoms with E-state index in [4.69, 9.17) is 4.42 Å². The van der Waals surface area contributed by atoms with Gasteiger partial charge in [-0.2, -0.15) is 0 Å². The van der Waals surface area contributed by atoms with E-state index in [0.29, 0.717) is 22.6 Å². The van der Waals surface area contributed by atoms with E-state index in [1.165, 1.54) is 12.1 Å². The van der Waals surface area contributed by atoms with E-state index in [2.05, 4.69) is 0 Å². The fourth-order valence-electron chi connectivity index (χ4n) is 1.85. The van der Waals surface area contributed by atoms with Crippen molar-refractivity contribution in [3.05, 3.63) is 63.5 Å². The molecule has 0 atom stereocenters. The van der Waals surface area contributed by atoms with Gasteiger partial charge in [-0.15, -0.1) is 0 Å². The molecule has 0 saturated heterocycles. The largest absolute Gasteiger partial charge is 0.545 e. The maximum atomic E-state index is 11.0. The van der Waals surface area contributed by atoms with E-state index >= 15 is 0 Å². The van der Waals surface area contributed by atoms with Crippen molar-refractivity contribution in [2.24, 2.45) is 0 Å². The molecule has 6 heteroatoms. The highest BCUT2D eigenvalue weighted by molar-refractivity contribution is 5.90. The number of carboxylic acids is 1. The minimum Gasteiger partial charge on any atom is -0.545 e. The molecule has 0 spiro atoms. The van der Waals surface area contributed by atoms with Gasteiger partial charge in [0.15, 0.2) is 0 Å². The van der Waals surface area contributed by atoms with Crippen LogP contribution in [0.4, 0.5) is 0 Å². The van der Waals surface area contributed by atoms with Crippen LogP contribution in [-0.4, -0.2) is 10.9 Å². The van der Waals surface area contributed by atoms with Gasteiger partial charge in [-0.1, -0.05) is 18.2 Å². The third-order valence-corrected chi connectivity index (χ3v) is 2.81. The summed E-state index contributed by atoms with van der Waals surface area (Å²) in [6.07, 6.45) is 1.99. The second-order valence-corrected chi connectivity index (χ2v) is 4.07. The second-order valence-electron chi connectivity index (χ2n) is 4.07. The molecule has 102 valence electrons. The molecule has 0 aliphatic heterocycles. The Labute approximate surface area is 114 Å². The van der Waals surface area contributed by atoms with Crippen LogP contribution in [0.15, 0.2) is 40.9 Å². The highest BCUT2D eigenvalue weighted by Gasteiger charge is 2.10. The smallest absolute Gasteiger partial charge is 0.238 e. The lowest BCUT2D eigenvalue weighted by Crippen LogP contribution is -2.23. The average molecular weight is 272 g/mol. The zero-order valence-corrected chi connectivity index (χ0v) is 10.5. The zero-order chi connectivity index (χ0) is 14.7. The van der Waals surface area contributed by atoms with Crippen LogP contribution in [0.3, 0.4) is 0 Å². The van der Waals surface area contributed by atoms with Gasteiger partial charge in [-0.05, 0) is 24.6 Å². The molecule has 0 aliphatic carbocycles. The molecule has 0 unspecified atom stereocenters. The van der Waals surface area contributed by atoms with E-state index in [0.717, 1.165) is 6.20 Å². The lowest BCUT2D eigenvalue weighted by Gasteiger charge is -2.10. The molecule has 0 bridgehead atoms. The van der Waals surface area contributed by atoms with E-state index in [-0.39, 0.29) is 5.56 Å². The molecule has 0 fully saturated rings. The van der Waals surface area contributed by atoms with Crippen molar-refractivity contribution in [3.8, 4) is 11.3 Å². The third-order valence-electron chi connectivity index (χ3n) is 2.81. The summed E-state index contributed by atoms with van der Waals surface area (Å²) in [6.45, 7) is 1.65. The van der Waals surface area contributed by atoms with Crippen molar-refractivity contribution in [1.29, 1.82) is 0 Å².